The maximum Gasteiger partial charge on any atom is 0.191 e. The normalized spacial score (nSPS) is 14.5. The van der Waals surface area contributed by atoms with Gasteiger partial charge in [-0.1, -0.05) is 13.3 Å². The topological polar surface area (TPSA) is 41.6 Å². The van der Waals surface area contributed by atoms with E-state index in [1.54, 1.807) is 0 Å². The van der Waals surface area contributed by atoms with Crippen LogP contribution < -0.4 is 5.73 Å². The first-order chi connectivity index (χ1) is 5.63. The van der Waals surface area contributed by atoms with Crippen LogP contribution in [0.2, 0.25) is 0 Å². The van der Waals surface area contributed by atoms with E-state index >= 15 is 0 Å². The van der Waals surface area contributed by atoms with Crippen molar-refractivity contribution in [3.05, 3.63) is 0 Å². The van der Waals surface area contributed by atoms with Crippen LogP contribution in [0.15, 0.2) is 4.99 Å². The van der Waals surface area contributed by atoms with Crippen LogP contribution in [0.1, 0.15) is 33.6 Å². The zero-order valence-corrected chi connectivity index (χ0v) is 8.67. The van der Waals surface area contributed by atoms with E-state index in [1.807, 2.05) is 18.9 Å². The van der Waals surface area contributed by atoms with Crippen LogP contribution in [0.5, 0.6) is 0 Å². The van der Waals surface area contributed by atoms with Crippen molar-refractivity contribution in [2.45, 2.75) is 39.7 Å². The Morgan fingerprint density at radius 1 is 1.50 bits per heavy atom. The van der Waals surface area contributed by atoms with Gasteiger partial charge in [0.05, 0.1) is 0 Å². The van der Waals surface area contributed by atoms with E-state index in [2.05, 4.69) is 18.8 Å². The third kappa shape index (κ3) is 3.60. The van der Waals surface area contributed by atoms with E-state index in [-0.39, 0.29) is 0 Å². The molecular weight excluding hydrogens is 150 g/mol. The molecule has 3 heteroatoms. The maximum atomic E-state index is 5.73. The summed E-state index contributed by atoms with van der Waals surface area (Å²) in [5.74, 6) is 0.651. The van der Waals surface area contributed by atoms with E-state index in [1.165, 1.54) is 6.42 Å². The van der Waals surface area contributed by atoms with Crippen molar-refractivity contribution in [3.63, 3.8) is 0 Å². The highest BCUT2D eigenvalue weighted by molar-refractivity contribution is 5.78. The minimum Gasteiger partial charge on any atom is -0.370 e. The molecule has 0 aliphatic rings. The Hall–Kier alpha value is -0.730. The van der Waals surface area contributed by atoms with Crippen molar-refractivity contribution >= 4 is 5.96 Å². The van der Waals surface area contributed by atoms with Gasteiger partial charge in [-0.3, -0.25) is 4.99 Å². The summed E-state index contributed by atoms with van der Waals surface area (Å²) in [6.45, 7) is 7.10. The van der Waals surface area contributed by atoms with Gasteiger partial charge in [0.15, 0.2) is 5.96 Å². The predicted molar refractivity (Wildman–Crippen MR) is 54.3 cm³/mol. The Balaban J connectivity index is 3.99. The lowest BCUT2D eigenvalue weighted by atomic mass is 10.2. The predicted octanol–water partition coefficient (Wildman–Crippen LogP) is 1.44. The van der Waals surface area contributed by atoms with Gasteiger partial charge in [0.2, 0.25) is 0 Å². The highest BCUT2D eigenvalue weighted by Crippen LogP contribution is 2.02. The second-order valence-corrected chi connectivity index (χ2v) is 3.08. The van der Waals surface area contributed by atoms with Crippen LogP contribution >= 0.6 is 0 Å². The number of nitrogens with two attached hydrogens (primary N) is 1. The van der Waals surface area contributed by atoms with Crippen molar-refractivity contribution < 1.29 is 0 Å². The van der Waals surface area contributed by atoms with Crippen LogP contribution in [-0.2, 0) is 0 Å². The van der Waals surface area contributed by atoms with Crippen LogP contribution in [0.4, 0.5) is 0 Å². The zero-order valence-electron chi connectivity index (χ0n) is 8.67. The van der Waals surface area contributed by atoms with E-state index in [4.69, 9.17) is 5.73 Å². The molecule has 0 aromatic heterocycles. The van der Waals surface area contributed by atoms with Gasteiger partial charge in [-0.25, -0.2) is 0 Å². The molecule has 0 rings (SSSR count). The van der Waals surface area contributed by atoms with E-state index in [9.17, 15) is 0 Å². The molecule has 2 N–H and O–H groups in total. The number of hydrogen-bond donors (Lipinski definition) is 1. The first kappa shape index (κ1) is 11.3. The number of guanidine groups is 1. The molecule has 0 heterocycles. The molecule has 1 atom stereocenters. The molecule has 0 aliphatic heterocycles. The summed E-state index contributed by atoms with van der Waals surface area (Å²) in [4.78, 5) is 6.18. The summed E-state index contributed by atoms with van der Waals surface area (Å²) >= 11 is 0. The number of rotatable bonds is 4. The summed E-state index contributed by atoms with van der Waals surface area (Å²) < 4.78 is 0. The first-order valence-corrected chi connectivity index (χ1v) is 4.66. The second-order valence-electron chi connectivity index (χ2n) is 3.08. The molecule has 3 nitrogen and oxygen atoms in total. The fraction of sp³-hybridized carbons (Fsp3) is 0.889. The maximum absolute atomic E-state index is 5.73. The van der Waals surface area contributed by atoms with Gasteiger partial charge in [0, 0.05) is 19.6 Å². The Kier molecular flexibility index (Phi) is 5.51. The van der Waals surface area contributed by atoms with Gasteiger partial charge in [-0.15, -0.1) is 0 Å². The molecule has 0 radical (unpaired) electrons. The Morgan fingerprint density at radius 3 is 2.50 bits per heavy atom. The lowest BCUT2D eigenvalue weighted by Gasteiger charge is -2.25. The minimum absolute atomic E-state index is 0.491. The van der Waals surface area contributed by atoms with Gasteiger partial charge in [0.1, 0.15) is 0 Å². The Bertz CT molecular complexity index is 143. The zero-order chi connectivity index (χ0) is 9.56. The molecule has 0 aromatic rings. The van der Waals surface area contributed by atoms with Gasteiger partial charge in [-0.2, -0.15) is 0 Å². The summed E-state index contributed by atoms with van der Waals surface area (Å²) in [5, 5.41) is 0. The molecular formula is C9H21N3. The third-order valence-electron chi connectivity index (χ3n) is 2.05. The van der Waals surface area contributed by atoms with Crippen molar-refractivity contribution in [1.82, 2.24) is 4.90 Å². The number of nitrogens with zero attached hydrogens (tertiary/aromatic N) is 2. The smallest absolute Gasteiger partial charge is 0.191 e. The molecule has 0 fully saturated rings. The molecule has 1 unspecified atom stereocenters. The average Bonchev–Trinajstić information content (AvgIpc) is 2.04. The second kappa shape index (κ2) is 5.86. The highest BCUT2D eigenvalue weighted by atomic mass is 15.2. The number of aliphatic imine (C=N–C) groups is 1. The van der Waals surface area contributed by atoms with Crippen molar-refractivity contribution in [3.8, 4) is 0 Å². The van der Waals surface area contributed by atoms with E-state index in [0.29, 0.717) is 12.0 Å². The molecule has 0 bridgehead atoms. The summed E-state index contributed by atoms with van der Waals surface area (Å²) in [7, 11) is 1.99. The number of hydrogen-bond acceptors (Lipinski definition) is 1. The minimum atomic E-state index is 0.491. The van der Waals surface area contributed by atoms with Crippen LogP contribution in [0.3, 0.4) is 0 Å². The average molecular weight is 171 g/mol. The highest BCUT2D eigenvalue weighted by Gasteiger charge is 2.08. The third-order valence-corrected chi connectivity index (χ3v) is 2.05. The lowest BCUT2D eigenvalue weighted by Crippen LogP contribution is -2.40. The molecule has 0 saturated carbocycles. The summed E-state index contributed by atoms with van der Waals surface area (Å²) in [6.07, 6.45) is 2.35. The van der Waals surface area contributed by atoms with E-state index < -0.39 is 0 Å². The summed E-state index contributed by atoms with van der Waals surface area (Å²) in [6, 6.07) is 0.491. The van der Waals surface area contributed by atoms with Crippen molar-refractivity contribution in [2.75, 3.05) is 13.6 Å². The van der Waals surface area contributed by atoms with E-state index in [0.717, 1.165) is 13.0 Å². The Labute approximate surface area is 75.7 Å². The molecule has 0 aliphatic carbocycles. The monoisotopic (exact) mass is 171 g/mol. The molecule has 72 valence electrons. The van der Waals surface area contributed by atoms with Gasteiger partial charge in [-0.05, 0) is 20.3 Å². The van der Waals surface area contributed by atoms with Gasteiger partial charge < -0.3 is 10.6 Å². The van der Waals surface area contributed by atoms with Gasteiger partial charge >= 0.3 is 0 Å². The molecule has 0 spiro atoms. The van der Waals surface area contributed by atoms with Crippen molar-refractivity contribution in [2.24, 2.45) is 10.7 Å². The molecule has 12 heavy (non-hydrogen) atoms. The van der Waals surface area contributed by atoms with Crippen molar-refractivity contribution in [1.29, 1.82) is 0 Å². The van der Waals surface area contributed by atoms with Crippen LogP contribution in [0, 0.1) is 0 Å². The quantitative estimate of drug-likeness (QED) is 0.513. The fourth-order valence-electron chi connectivity index (χ4n) is 1.11. The summed E-state index contributed by atoms with van der Waals surface area (Å²) in [5.41, 5.74) is 5.73. The lowest BCUT2D eigenvalue weighted by molar-refractivity contribution is 0.362. The molecule has 0 amide bonds. The largest absolute Gasteiger partial charge is 0.370 e. The van der Waals surface area contributed by atoms with Gasteiger partial charge in [0.25, 0.3) is 0 Å². The standard InChI is InChI=1S/C9H21N3/c1-5-7-8(3)12(4)9(10)11-6-2/h8H,5-7H2,1-4H3,(H2,10,11). The Morgan fingerprint density at radius 2 is 2.08 bits per heavy atom. The first-order valence-electron chi connectivity index (χ1n) is 4.66. The fourth-order valence-corrected chi connectivity index (χ4v) is 1.11. The molecule has 0 saturated heterocycles. The molecule has 0 aromatic carbocycles. The SMILES string of the molecule is CCCC(C)N(C)C(N)=NCC. The van der Waals surface area contributed by atoms with Crippen LogP contribution in [0.25, 0.3) is 0 Å². The van der Waals surface area contributed by atoms with Crippen LogP contribution in [-0.4, -0.2) is 30.5 Å².